The molecule has 0 spiro atoms. The molecule has 6 heteroatoms. The van der Waals surface area contributed by atoms with Crippen molar-refractivity contribution in [1.29, 1.82) is 0 Å². The summed E-state index contributed by atoms with van der Waals surface area (Å²) < 4.78 is 5.16. The molecular weight excluding hydrogens is 330 g/mol. The van der Waals surface area contributed by atoms with Crippen LogP contribution in [0.15, 0.2) is 24.3 Å². The summed E-state index contributed by atoms with van der Waals surface area (Å²) in [5.74, 6) is 1.07. The molecule has 0 bridgehead atoms. The number of methoxy groups -OCH3 is 1. The molecule has 2 aliphatic heterocycles. The van der Waals surface area contributed by atoms with Gasteiger partial charge < -0.3 is 19.9 Å². The highest BCUT2D eigenvalue weighted by Gasteiger charge is 2.28. The first-order valence-corrected chi connectivity index (χ1v) is 9.62. The molecule has 1 atom stereocenters. The number of piperidine rings is 1. The van der Waals surface area contributed by atoms with E-state index < -0.39 is 0 Å². The van der Waals surface area contributed by atoms with E-state index in [-0.39, 0.29) is 18.0 Å². The number of hydrogen-bond donors (Lipinski definition) is 1. The third kappa shape index (κ3) is 4.68. The Kier molecular flexibility index (Phi) is 6.36. The Labute approximate surface area is 155 Å². The summed E-state index contributed by atoms with van der Waals surface area (Å²) in [6.45, 7) is 2.95. The van der Waals surface area contributed by atoms with Gasteiger partial charge in [0.1, 0.15) is 5.75 Å². The monoisotopic (exact) mass is 359 g/mol. The van der Waals surface area contributed by atoms with Crippen LogP contribution in [-0.4, -0.2) is 54.5 Å². The Morgan fingerprint density at radius 2 is 2.00 bits per heavy atom. The molecule has 0 unspecified atom stereocenters. The van der Waals surface area contributed by atoms with Crippen LogP contribution >= 0.6 is 0 Å². The third-order valence-electron chi connectivity index (χ3n) is 5.39. The summed E-state index contributed by atoms with van der Waals surface area (Å²) in [5.41, 5.74) is 1.05. The van der Waals surface area contributed by atoms with Crippen molar-refractivity contribution in [1.82, 2.24) is 15.1 Å². The fourth-order valence-electron chi connectivity index (χ4n) is 3.84. The van der Waals surface area contributed by atoms with E-state index in [1.807, 2.05) is 34.1 Å². The number of carbonyl (C=O) groups excluding carboxylic acids is 2. The fourth-order valence-corrected chi connectivity index (χ4v) is 3.84. The Morgan fingerprint density at radius 1 is 1.19 bits per heavy atom. The Hall–Kier alpha value is -2.24. The van der Waals surface area contributed by atoms with Gasteiger partial charge in [0.05, 0.1) is 7.11 Å². The number of hydrogen-bond acceptors (Lipinski definition) is 3. The lowest BCUT2D eigenvalue weighted by atomic mass is 9.99. The standard InChI is InChI=1S/C20H29N3O3/c1-26-18-9-7-16(8-10-18)15-21-20(25)23-13-3-2-5-17(23)11-14-22-12-4-6-19(22)24/h7-10,17H,2-6,11-15H2,1H3,(H,21,25)/t17-/m1/s1. The largest absolute Gasteiger partial charge is 0.497 e. The van der Waals surface area contributed by atoms with Gasteiger partial charge in [-0.15, -0.1) is 0 Å². The number of likely N-dealkylation sites (tertiary alicyclic amines) is 2. The van der Waals surface area contributed by atoms with Crippen LogP contribution in [0.3, 0.4) is 0 Å². The predicted octanol–water partition coefficient (Wildman–Crippen LogP) is 2.77. The lowest BCUT2D eigenvalue weighted by Gasteiger charge is -2.36. The topological polar surface area (TPSA) is 61.9 Å². The van der Waals surface area contributed by atoms with E-state index in [9.17, 15) is 9.59 Å². The SMILES string of the molecule is COc1ccc(CNC(=O)N2CCCC[C@@H]2CCN2CCCC2=O)cc1. The van der Waals surface area contributed by atoms with Crippen molar-refractivity contribution in [3.8, 4) is 5.75 Å². The number of nitrogens with one attached hydrogen (secondary N) is 1. The Bertz CT molecular complexity index is 617. The molecule has 2 fully saturated rings. The maximum atomic E-state index is 12.7. The summed E-state index contributed by atoms with van der Waals surface area (Å²) in [5, 5.41) is 3.04. The molecule has 6 nitrogen and oxygen atoms in total. The van der Waals surface area contributed by atoms with Crippen LogP contribution in [0.5, 0.6) is 5.75 Å². The van der Waals surface area contributed by atoms with Crippen molar-refractivity contribution >= 4 is 11.9 Å². The zero-order valence-corrected chi connectivity index (χ0v) is 15.6. The number of ether oxygens (including phenoxy) is 1. The second-order valence-electron chi connectivity index (χ2n) is 7.12. The van der Waals surface area contributed by atoms with Crippen molar-refractivity contribution < 1.29 is 14.3 Å². The van der Waals surface area contributed by atoms with Crippen LogP contribution in [0.1, 0.15) is 44.1 Å². The van der Waals surface area contributed by atoms with Gasteiger partial charge in [-0.2, -0.15) is 0 Å². The van der Waals surface area contributed by atoms with Gasteiger partial charge in [-0.1, -0.05) is 12.1 Å². The predicted molar refractivity (Wildman–Crippen MR) is 100 cm³/mol. The molecule has 1 N–H and O–H groups in total. The van der Waals surface area contributed by atoms with Crippen LogP contribution < -0.4 is 10.1 Å². The molecule has 2 saturated heterocycles. The van der Waals surface area contributed by atoms with Gasteiger partial charge in [0.2, 0.25) is 5.91 Å². The van der Waals surface area contributed by atoms with E-state index in [1.54, 1.807) is 7.11 Å². The van der Waals surface area contributed by atoms with E-state index in [0.29, 0.717) is 13.0 Å². The van der Waals surface area contributed by atoms with Crippen molar-refractivity contribution in [2.24, 2.45) is 0 Å². The van der Waals surface area contributed by atoms with E-state index in [0.717, 1.165) is 63.1 Å². The zero-order valence-electron chi connectivity index (χ0n) is 15.6. The Morgan fingerprint density at radius 3 is 2.69 bits per heavy atom. The van der Waals surface area contributed by atoms with Crippen LogP contribution in [0, 0.1) is 0 Å². The lowest BCUT2D eigenvalue weighted by Crippen LogP contribution is -2.49. The third-order valence-corrected chi connectivity index (χ3v) is 5.39. The molecule has 0 saturated carbocycles. The summed E-state index contributed by atoms with van der Waals surface area (Å²) in [4.78, 5) is 28.4. The zero-order chi connectivity index (χ0) is 18.4. The van der Waals surface area contributed by atoms with Gasteiger partial charge in [-0.05, 0) is 49.8 Å². The molecule has 3 rings (SSSR count). The maximum Gasteiger partial charge on any atom is 0.317 e. The number of carbonyl (C=O) groups is 2. The van der Waals surface area contributed by atoms with Crippen molar-refractivity contribution in [2.75, 3.05) is 26.7 Å². The van der Waals surface area contributed by atoms with Crippen LogP contribution in [0.2, 0.25) is 0 Å². The maximum absolute atomic E-state index is 12.7. The summed E-state index contributed by atoms with van der Waals surface area (Å²) in [6, 6.07) is 7.96. The average Bonchev–Trinajstić information content (AvgIpc) is 3.10. The van der Waals surface area contributed by atoms with Gasteiger partial charge in [-0.3, -0.25) is 4.79 Å². The minimum Gasteiger partial charge on any atom is -0.497 e. The van der Waals surface area contributed by atoms with Crippen LogP contribution in [0.4, 0.5) is 4.79 Å². The molecule has 1 aromatic carbocycles. The Balaban J connectivity index is 1.50. The molecule has 0 aromatic heterocycles. The first-order chi connectivity index (χ1) is 12.7. The van der Waals surface area contributed by atoms with Gasteiger partial charge in [-0.25, -0.2) is 4.79 Å². The molecule has 26 heavy (non-hydrogen) atoms. The first-order valence-electron chi connectivity index (χ1n) is 9.62. The minimum atomic E-state index is -0.00161. The molecule has 2 aliphatic rings. The van der Waals surface area contributed by atoms with Crippen molar-refractivity contribution in [3.63, 3.8) is 0 Å². The second-order valence-corrected chi connectivity index (χ2v) is 7.12. The van der Waals surface area contributed by atoms with Crippen LogP contribution in [0.25, 0.3) is 0 Å². The summed E-state index contributed by atoms with van der Waals surface area (Å²) in [6.07, 6.45) is 5.75. The molecule has 0 aliphatic carbocycles. The van der Waals surface area contributed by atoms with Gasteiger partial charge in [0.25, 0.3) is 0 Å². The number of nitrogens with zero attached hydrogens (tertiary/aromatic N) is 2. The minimum absolute atomic E-state index is 0.00161. The van der Waals surface area contributed by atoms with Crippen molar-refractivity contribution in [2.45, 2.75) is 51.1 Å². The molecule has 2 heterocycles. The molecule has 0 radical (unpaired) electrons. The number of benzene rings is 1. The second kappa shape index (κ2) is 8.92. The lowest BCUT2D eigenvalue weighted by molar-refractivity contribution is -0.127. The quantitative estimate of drug-likeness (QED) is 0.849. The molecular formula is C20H29N3O3. The van der Waals surface area contributed by atoms with Gasteiger partial charge >= 0.3 is 6.03 Å². The molecule has 142 valence electrons. The summed E-state index contributed by atoms with van der Waals surface area (Å²) >= 11 is 0. The first kappa shape index (κ1) is 18.5. The number of urea groups is 1. The normalized spacial score (nSPS) is 20.3. The average molecular weight is 359 g/mol. The fraction of sp³-hybridized carbons (Fsp3) is 0.600. The number of rotatable bonds is 6. The van der Waals surface area contributed by atoms with Gasteiger partial charge in [0.15, 0.2) is 0 Å². The highest BCUT2D eigenvalue weighted by molar-refractivity contribution is 5.78. The highest BCUT2D eigenvalue weighted by Crippen LogP contribution is 2.21. The van der Waals surface area contributed by atoms with E-state index >= 15 is 0 Å². The van der Waals surface area contributed by atoms with Crippen LogP contribution in [-0.2, 0) is 11.3 Å². The van der Waals surface area contributed by atoms with E-state index in [1.165, 1.54) is 0 Å². The smallest absolute Gasteiger partial charge is 0.317 e. The molecule has 3 amide bonds. The number of amides is 3. The van der Waals surface area contributed by atoms with Crippen molar-refractivity contribution in [3.05, 3.63) is 29.8 Å². The highest BCUT2D eigenvalue weighted by atomic mass is 16.5. The summed E-state index contributed by atoms with van der Waals surface area (Å²) in [7, 11) is 1.64. The van der Waals surface area contributed by atoms with E-state index in [2.05, 4.69) is 5.32 Å². The van der Waals surface area contributed by atoms with E-state index in [4.69, 9.17) is 4.74 Å². The molecule has 1 aromatic rings. The van der Waals surface area contributed by atoms with Gasteiger partial charge in [0, 0.05) is 38.6 Å².